The normalized spacial score (nSPS) is 17.5. The van der Waals surface area contributed by atoms with E-state index in [1.54, 1.807) is 24.3 Å². The number of aromatic nitrogens is 4. The minimum absolute atomic E-state index is 0.0454. The summed E-state index contributed by atoms with van der Waals surface area (Å²) in [7, 11) is 0. The molecule has 3 aromatic rings. The molecule has 4 rings (SSSR count). The molecule has 0 aliphatic carbocycles. The Morgan fingerprint density at radius 1 is 1.23 bits per heavy atom. The summed E-state index contributed by atoms with van der Waals surface area (Å²) in [5.41, 5.74) is 6.49. The van der Waals surface area contributed by atoms with Gasteiger partial charge in [0.2, 0.25) is 5.91 Å². The van der Waals surface area contributed by atoms with Gasteiger partial charge < -0.3 is 16.2 Å². The first kappa shape index (κ1) is 20.1. The van der Waals surface area contributed by atoms with Gasteiger partial charge in [-0.25, -0.2) is 9.97 Å². The first-order valence-corrected chi connectivity index (χ1v) is 9.49. The maximum atomic E-state index is 12.1. The van der Waals surface area contributed by atoms with Crippen LogP contribution in [0.15, 0.2) is 48.9 Å². The van der Waals surface area contributed by atoms with Crippen molar-refractivity contribution in [2.24, 2.45) is 11.1 Å². The van der Waals surface area contributed by atoms with Crippen LogP contribution in [0.3, 0.4) is 0 Å². The second-order valence-corrected chi connectivity index (χ2v) is 6.99. The Balaban J connectivity index is 1.75. The van der Waals surface area contributed by atoms with Crippen LogP contribution in [0.25, 0.3) is 22.8 Å². The summed E-state index contributed by atoms with van der Waals surface area (Å²) < 4.78 is 0. The minimum Gasteiger partial charge on any atom is -0.394 e. The number of rotatable bonds is 4. The Hall–Kier alpha value is -4.16. The number of carbonyl (C=O) groups is 2. The highest BCUT2D eigenvalue weighted by Crippen LogP contribution is 2.26. The van der Waals surface area contributed by atoms with Crippen LogP contribution in [0.1, 0.15) is 22.5 Å². The summed E-state index contributed by atoms with van der Waals surface area (Å²) in [6, 6.07) is 8.52. The highest BCUT2D eigenvalue weighted by Gasteiger charge is 2.40. The zero-order valence-corrected chi connectivity index (χ0v) is 16.4. The van der Waals surface area contributed by atoms with Gasteiger partial charge in [0.05, 0.1) is 18.5 Å². The number of aliphatic hydroxyl groups excluding tert-OH is 1. The fourth-order valence-corrected chi connectivity index (χ4v) is 3.17. The van der Waals surface area contributed by atoms with E-state index in [-0.39, 0.29) is 24.0 Å². The van der Waals surface area contributed by atoms with Crippen LogP contribution in [-0.2, 0) is 4.79 Å². The van der Waals surface area contributed by atoms with Gasteiger partial charge in [0.25, 0.3) is 5.91 Å². The summed E-state index contributed by atoms with van der Waals surface area (Å²) in [6.45, 7) is 0.129. The van der Waals surface area contributed by atoms with E-state index in [0.717, 1.165) is 0 Å². The second kappa shape index (κ2) is 8.30. The number of benzene rings is 1. The van der Waals surface area contributed by atoms with E-state index in [2.05, 4.69) is 37.1 Å². The highest BCUT2D eigenvalue weighted by molar-refractivity contribution is 5.92. The van der Waals surface area contributed by atoms with Crippen molar-refractivity contribution < 1.29 is 14.7 Å². The number of aliphatic hydroxyl groups is 1. The first-order valence-electron chi connectivity index (χ1n) is 9.49. The van der Waals surface area contributed by atoms with Crippen molar-refractivity contribution in [3.63, 3.8) is 0 Å². The molecule has 1 saturated heterocycles. The predicted octanol–water partition coefficient (Wildman–Crippen LogP) is 0.550. The molecule has 3 heterocycles. The van der Waals surface area contributed by atoms with Gasteiger partial charge in [-0.1, -0.05) is 24.0 Å². The molecule has 9 nitrogen and oxygen atoms in total. The average molecular weight is 414 g/mol. The van der Waals surface area contributed by atoms with E-state index in [1.165, 1.54) is 24.7 Å². The number of nitrogens with zero attached hydrogens (tertiary/aromatic N) is 4. The monoisotopic (exact) mass is 414 g/mol. The Labute approximate surface area is 177 Å². The van der Waals surface area contributed by atoms with Crippen LogP contribution in [0, 0.1) is 17.3 Å². The number of nitrogens with one attached hydrogen (secondary N) is 1. The van der Waals surface area contributed by atoms with Gasteiger partial charge >= 0.3 is 0 Å². The van der Waals surface area contributed by atoms with Gasteiger partial charge in [0.1, 0.15) is 16.8 Å². The summed E-state index contributed by atoms with van der Waals surface area (Å²) in [5.74, 6) is 5.18. The van der Waals surface area contributed by atoms with Crippen molar-refractivity contribution >= 4 is 11.8 Å². The van der Waals surface area contributed by atoms with Gasteiger partial charge in [0.15, 0.2) is 5.82 Å². The van der Waals surface area contributed by atoms with E-state index < -0.39 is 11.3 Å². The van der Waals surface area contributed by atoms with E-state index in [0.29, 0.717) is 35.5 Å². The molecular formula is C22H18N6O3. The Morgan fingerprint density at radius 3 is 2.77 bits per heavy atom. The van der Waals surface area contributed by atoms with Gasteiger partial charge in [-0.15, -0.1) is 0 Å². The van der Waals surface area contributed by atoms with Crippen LogP contribution in [-0.4, -0.2) is 50.0 Å². The van der Waals surface area contributed by atoms with Crippen LogP contribution >= 0.6 is 0 Å². The van der Waals surface area contributed by atoms with Crippen LogP contribution in [0.5, 0.6) is 0 Å². The van der Waals surface area contributed by atoms with Crippen molar-refractivity contribution in [3.05, 3.63) is 60.2 Å². The Morgan fingerprint density at radius 2 is 2.10 bits per heavy atom. The van der Waals surface area contributed by atoms with E-state index >= 15 is 0 Å². The Kier molecular flexibility index (Phi) is 5.39. The smallest absolute Gasteiger partial charge is 0.267 e. The molecule has 1 unspecified atom stereocenters. The molecule has 2 aromatic heterocycles. The fraction of sp³-hybridized carbons (Fsp3) is 0.182. The largest absolute Gasteiger partial charge is 0.394 e. The molecule has 1 aliphatic heterocycles. The lowest BCUT2D eigenvalue weighted by Gasteiger charge is -2.15. The molecule has 9 heteroatoms. The second-order valence-electron chi connectivity index (χ2n) is 6.99. The molecular weight excluding hydrogens is 396 g/mol. The molecule has 1 atom stereocenters. The van der Waals surface area contributed by atoms with Crippen molar-refractivity contribution in [3.8, 4) is 34.6 Å². The van der Waals surface area contributed by atoms with Crippen molar-refractivity contribution in [2.75, 3.05) is 13.2 Å². The summed E-state index contributed by atoms with van der Waals surface area (Å²) >= 11 is 0. The average Bonchev–Trinajstić information content (AvgIpc) is 3.18. The number of hydrogen-bond acceptors (Lipinski definition) is 7. The zero-order chi connectivity index (χ0) is 21.8. The Bertz CT molecular complexity index is 1220. The number of amides is 2. The number of carbonyl (C=O) groups excluding carboxylic acids is 2. The van der Waals surface area contributed by atoms with E-state index in [4.69, 9.17) is 5.73 Å². The first-order chi connectivity index (χ1) is 15.0. The third-order valence-electron chi connectivity index (χ3n) is 4.91. The SMILES string of the molecule is NC(=O)c1cc(-c2cnccn2)nc(-c2cccc(C#CC3(CO)CCNC3=O)c2)n1. The number of primary amides is 1. The topological polar surface area (TPSA) is 144 Å². The minimum atomic E-state index is -1.10. The van der Waals surface area contributed by atoms with Gasteiger partial charge in [0, 0.05) is 30.1 Å². The van der Waals surface area contributed by atoms with Gasteiger partial charge in [-0.3, -0.25) is 19.6 Å². The van der Waals surface area contributed by atoms with Crippen LogP contribution in [0.2, 0.25) is 0 Å². The van der Waals surface area contributed by atoms with E-state index in [9.17, 15) is 14.7 Å². The summed E-state index contributed by atoms with van der Waals surface area (Å²) in [4.78, 5) is 40.9. The molecule has 0 radical (unpaired) electrons. The fourth-order valence-electron chi connectivity index (χ4n) is 3.17. The lowest BCUT2D eigenvalue weighted by molar-refractivity contribution is -0.126. The number of hydrogen-bond donors (Lipinski definition) is 3. The summed E-state index contributed by atoms with van der Waals surface area (Å²) in [5, 5.41) is 12.4. The van der Waals surface area contributed by atoms with Gasteiger partial charge in [-0.2, -0.15) is 0 Å². The van der Waals surface area contributed by atoms with Crippen LogP contribution < -0.4 is 11.1 Å². The summed E-state index contributed by atoms with van der Waals surface area (Å²) in [6.07, 6.45) is 5.03. The lowest BCUT2D eigenvalue weighted by Crippen LogP contribution is -2.33. The van der Waals surface area contributed by atoms with Crippen molar-refractivity contribution in [1.29, 1.82) is 0 Å². The number of nitrogens with two attached hydrogens (primary N) is 1. The standard InChI is InChI=1S/C22H18N6O3/c23-19(30)17-11-16(18-12-24-8-9-25-18)27-20(28-17)15-3-1-2-14(10-15)4-5-22(13-29)6-7-26-21(22)31/h1-3,8-12,29H,6-7,13H2,(H2,23,30)(H,26,31). The molecule has 0 spiro atoms. The quantitative estimate of drug-likeness (QED) is 0.529. The maximum Gasteiger partial charge on any atom is 0.267 e. The molecule has 154 valence electrons. The highest BCUT2D eigenvalue weighted by atomic mass is 16.3. The third kappa shape index (κ3) is 4.10. The lowest BCUT2D eigenvalue weighted by atomic mass is 9.88. The predicted molar refractivity (Wildman–Crippen MR) is 111 cm³/mol. The molecule has 0 bridgehead atoms. The molecule has 4 N–H and O–H groups in total. The zero-order valence-electron chi connectivity index (χ0n) is 16.4. The van der Waals surface area contributed by atoms with E-state index in [1.807, 2.05) is 0 Å². The molecule has 0 saturated carbocycles. The van der Waals surface area contributed by atoms with Gasteiger partial charge in [-0.05, 0) is 24.6 Å². The molecule has 31 heavy (non-hydrogen) atoms. The molecule has 1 aromatic carbocycles. The third-order valence-corrected chi connectivity index (χ3v) is 4.91. The molecule has 1 aliphatic rings. The van der Waals surface area contributed by atoms with Crippen LogP contribution in [0.4, 0.5) is 0 Å². The molecule has 2 amide bonds. The van der Waals surface area contributed by atoms with Crippen molar-refractivity contribution in [1.82, 2.24) is 25.3 Å². The van der Waals surface area contributed by atoms with Crippen molar-refractivity contribution in [2.45, 2.75) is 6.42 Å². The maximum absolute atomic E-state index is 12.1. The molecule has 1 fully saturated rings.